The summed E-state index contributed by atoms with van der Waals surface area (Å²) < 4.78 is 6.26. The number of piperidine rings is 1. The number of rotatable bonds is 4. The van der Waals surface area contributed by atoms with Crippen LogP contribution in [0.15, 0.2) is 18.2 Å². The Kier molecular flexibility index (Phi) is 6.07. The molecule has 2 heterocycles. The number of nitrogens with zero attached hydrogens (tertiary/aromatic N) is 2. The van der Waals surface area contributed by atoms with Gasteiger partial charge in [0.25, 0.3) is 5.91 Å². The zero-order chi connectivity index (χ0) is 19.5. The van der Waals surface area contributed by atoms with E-state index in [1.54, 1.807) is 23.1 Å². The van der Waals surface area contributed by atoms with Crippen molar-refractivity contribution in [1.82, 2.24) is 15.1 Å². The molecule has 0 atom stereocenters. The highest BCUT2D eigenvalue weighted by Gasteiger charge is 2.30. The molecule has 1 N–H and O–H groups in total. The van der Waals surface area contributed by atoms with Gasteiger partial charge in [-0.2, -0.15) is 0 Å². The fraction of sp³-hybridized carbons (Fsp3) is 0.619. The summed E-state index contributed by atoms with van der Waals surface area (Å²) in [5, 5.41) is 3.24. The molecule has 3 fully saturated rings. The third-order valence-corrected chi connectivity index (χ3v) is 6.34. The molecule has 28 heavy (non-hydrogen) atoms. The number of benzene rings is 1. The van der Waals surface area contributed by atoms with Crippen LogP contribution in [0.5, 0.6) is 5.75 Å². The first kappa shape index (κ1) is 19.5. The third-order valence-electron chi connectivity index (χ3n) is 6.11. The first-order valence-corrected chi connectivity index (χ1v) is 10.7. The van der Waals surface area contributed by atoms with Crippen molar-refractivity contribution < 1.29 is 14.3 Å². The monoisotopic (exact) mass is 405 g/mol. The lowest BCUT2D eigenvalue weighted by atomic mass is 10.0. The Bertz CT molecular complexity index is 728. The summed E-state index contributed by atoms with van der Waals surface area (Å²) in [5.74, 6) is 0.235. The van der Waals surface area contributed by atoms with E-state index in [9.17, 15) is 9.59 Å². The molecule has 1 aromatic carbocycles. The van der Waals surface area contributed by atoms with Crippen LogP contribution in [0.4, 0.5) is 0 Å². The molecule has 1 aliphatic carbocycles. The molecule has 0 unspecified atom stereocenters. The normalized spacial score (nSPS) is 22.3. The van der Waals surface area contributed by atoms with Crippen LogP contribution in [0.1, 0.15) is 48.9 Å². The molecule has 3 aliphatic rings. The fourth-order valence-electron chi connectivity index (χ4n) is 4.56. The number of piperazine rings is 1. The maximum atomic E-state index is 13.0. The first-order valence-electron chi connectivity index (χ1n) is 10.4. The standard InChI is InChI=1S/C21H28ClN3O3/c22-15-5-6-19(18(13-15)21(27)25-12-9-23-20(26)14-25)28-17-7-10-24(11-8-17)16-3-1-2-4-16/h5-6,13,16-17H,1-4,7-12,14H2,(H,23,26). The van der Waals surface area contributed by atoms with Gasteiger partial charge in [0, 0.05) is 37.2 Å². The minimum atomic E-state index is -0.198. The Labute approximate surface area is 171 Å². The summed E-state index contributed by atoms with van der Waals surface area (Å²) in [6.45, 7) is 3.15. The number of hydrogen-bond donors (Lipinski definition) is 1. The molecule has 0 radical (unpaired) electrons. The minimum Gasteiger partial charge on any atom is -0.489 e. The van der Waals surface area contributed by atoms with Gasteiger partial charge in [-0.1, -0.05) is 24.4 Å². The lowest BCUT2D eigenvalue weighted by Crippen LogP contribution is -2.50. The number of carbonyl (C=O) groups excluding carboxylic acids is 2. The van der Waals surface area contributed by atoms with Crippen molar-refractivity contribution in [2.24, 2.45) is 0 Å². The molecule has 2 saturated heterocycles. The molecule has 152 valence electrons. The van der Waals surface area contributed by atoms with Gasteiger partial charge in [-0.25, -0.2) is 0 Å². The second-order valence-corrected chi connectivity index (χ2v) is 8.45. The highest BCUT2D eigenvalue weighted by Crippen LogP contribution is 2.30. The van der Waals surface area contributed by atoms with Gasteiger partial charge in [0.15, 0.2) is 0 Å². The van der Waals surface area contributed by atoms with Crippen LogP contribution in [-0.2, 0) is 4.79 Å². The fourth-order valence-corrected chi connectivity index (χ4v) is 4.73. The summed E-state index contributed by atoms with van der Waals surface area (Å²) in [5.41, 5.74) is 0.445. The van der Waals surface area contributed by atoms with Crippen molar-refractivity contribution in [2.75, 3.05) is 32.7 Å². The lowest BCUT2D eigenvalue weighted by Gasteiger charge is -2.36. The Morgan fingerprint density at radius 1 is 1.11 bits per heavy atom. The number of nitrogens with one attached hydrogen (secondary N) is 1. The van der Waals surface area contributed by atoms with Crippen LogP contribution in [0.25, 0.3) is 0 Å². The molecule has 1 saturated carbocycles. The van der Waals surface area contributed by atoms with E-state index in [4.69, 9.17) is 16.3 Å². The van der Waals surface area contributed by atoms with Crippen molar-refractivity contribution in [3.05, 3.63) is 28.8 Å². The quantitative estimate of drug-likeness (QED) is 0.836. The first-order chi connectivity index (χ1) is 13.6. The average Bonchev–Trinajstić information content (AvgIpc) is 3.24. The molecule has 2 aliphatic heterocycles. The van der Waals surface area contributed by atoms with Crippen molar-refractivity contribution in [1.29, 1.82) is 0 Å². The highest BCUT2D eigenvalue weighted by molar-refractivity contribution is 6.31. The lowest BCUT2D eigenvalue weighted by molar-refractivity contribution is -0.123. The minimum absolute atomic E-state index is 0.0740. The van der Waals surface area contributed by atoms with Gasteiger partial charge >= 0.3 is 0 Å². The molecule has 1 aromatic rings. The maximum Gasteiger partial charge on any atom is 0.258 e. The van der Waals surface area contributed by atoms with Gasteiger partial charge in [0.2, 0.25) is 5.91 Å². The van der Waals surface area contributed by atoms with Gasteiger partial charge in [-0.05, 0) is 43.9 Å². The summed E-state index contributed by atoms with van der Waals surface area (Å²) in [6, 6.07) is 5.94. The van der Waals surface area contributed by atoms with E-state index in [2.05, 4.69) is 10.2 Å². The largest absolute Gasteiger partial charge is 0.489 e. The van der Waals surface area contributed by atoms with Gasteiger partial charge in [-0.15, -0.1) is 0 Å². The van der Waals surface area contributed by atoms with Crippen LogP contribution in [0.3, 0.4) is 0 Å². The van der Waals surface area contributed by atoms with E-state index in [0.717, 1.165) is 32.0 Å². The Hall–Kier alpha value is -1.79. The van der Waals surface area contributed by atoms with Crippen molar-refractivity contribution in [2.45, 2.75) is 50.7 Å². The predicted molar refractivity (Wildman–Crippen MR) is 108 cm³/mol. The van der Waals surface area contributed by atoms with Crippen LogP contribution in [-0.4, -0.2) is 66.5 Å². The summed E-state index contributed by atoms with van der Waals surface area (Å²) in [4.78, 5) is 28.8. The molecule has 0 bridgehead atoms. The SMILES string of the molecule is O=C1CN(C(=O)c2cc(Cl)ccc2OC2CCN(C3CCCC3)CC2)CCN1. The van der Waals surface area contributed by atoms with E-state index in [-0.39, 0.29) is 24.5 Å². The molecule has 6 nitrogen and oxygen atoms in total. The second-order valence-electron chi connectivity index (χ2n) is 8.01. The van der Waals surface area contributed by atoms with Crippen molar-refractivity contribution in [3.63, 3.8) is 0 Å². The highest BCUT2D eigenvalue weighted by atomic mass is 35.5. The van der Waals surface area contributed by atoms with Crippen molar-refractivity contribution >= 4 is 23.4 Å². The Morgan fingerprint density at radius 2 is 1.86 bits per heavy atom. The van der Waals surface area contributed by atoms with E-state index < -0.39 is 0 Å². The Morgan fingerprint density at radius 3 is 2.57 bits per heavy atom. The van der Waals surface area contributed by atoms with E-state index in [1.165, 1.54) is 25.7 Å². The smallest absolute Gasteiger partial charge is 0.258 e. The van der Waals surface area contributed by atoms with Gasteiger partial charge in [-0.3, -0.25) is 9.59 Å². The molecule has 0 spiro atoms. The molecule has 4 rings (SSSR count). The van der Waals surface area contributed by atoms with E-state index in [1.807, 2.05) is 0 Å². The predicted octanol–water partition coefficient (Wildman–Crippen LogP) is 2.70. The maximum absolute atomic E-state index is 13.0. The van der Waals surface area contributed by atoms with Crippen molar-refractivity contribution in [3.8, 4) is 5.75 Å². The number of hydrogen-bond acceptors (Lipinski definition) is 4. The molecule has 2 amide bonds. The molecule has 0 aromatic heterocycles. The number of ether oxygens (including phenoxy) is 1. The number of halogens is 1. The second kappa shape index (κ2) is 8.70. The summed E-state index contributed by atoms with van der Waals surface area (Å²) in [6.07, 6.45) is 7.40. The summed E-state index contributed by atoms with van der Waals surface area (Å²) >= 11 is 6.15. The van der Waals surface area contributed by atoms with Gasteiger partial charge in [0.05, 0.1) is 12.1 Å². The zero-order valence-electron chi connectivity index (χ0n) is 16.2. The third kappa shape index (κ3) is 4.44. The topological polar surface area (TPSA) is 61.9 Å². The molecular formula is C21H28ClN3O3. The summed E-state index contributed by atoms with van der Waals surface area (Å²) in [7, 11) is 0. The van der Waals surface area contributed by atoms with Crippen LogP contribution in [0.2, 0.25) is 5.02 Å². The Balaban J connectivity index is 1.42. The van der Waals surface area contributed by atoms with Crippen LogP contribution in [0, 0.1) is 0 Å². The number of carbonyl (C=O) groups is 2. The van der Waals surface area contributed by atoms with E-state index in [0.29, 0.717) is 29.4 Å². The van der Waals surface area contributed by atoms with Gasteiger partial charge < -0.3 is 19.9 Å². The van der Waals surface area contributed by atoms with Gasteiger partial charge in [0.1, 0.15) is 11.9 Å². The molecular weight excluding hydrogens is 378 g/mol. The van der Waals surface area contributed by atoms with Crippen LogP contribution < -0.4 is 10.1 Å². The average molecular weight is 406 g/mol. The van der Waals surface area contributed by atoms with E-state index >= 15 is 0 Å². The zero-order valence-corrected chi connectivity index (χ0v) is 16.9. The number of likely N-dealkylation sites (tertiary alicyclic amines) is 1. The number of amides is 2. The molecule has 7 heteroatoms. The van der Waals surface area contributed by atoms with Crippen LogP contribution >= 0.6 is 11.6 Å².